The lowest BCUT2D eigenvalue weighted by Gasteiger charge is -2.25. The van der Waals surface area contributed by atoms with Crippen LogP contribution in [-0.4, -0.2) is 43.6 Å². The Bertz CT molecular complexity index is 528. The van der Waals surface area contributed by atoms with Crippen LogP contribution in [0.25, 0.3) is 0 Å². The van der Waals surface area contributed by atoms with Gasteiger partial charge in [0.05, 0.1) is 24.8 Å². The van der Waals surface area contributed by atoms with Crippen molar-refractivity contribution < 1.29 is 14.3 Å². The van der Waals surface area contributed by atoms with Gasteiger partial charge < -0.3 is 14.4 Å². The Morgan fingerprint density at radius 2 is 2.19 bits per heavy atom. The number of hydrogen-bond donors (Lipinski definition) is 0. The maximum atomic E-state index is 11.9. The van der Waals surface area contributed by atoms with Gasteiger partial charge in [-0.15, -0.1) is 11.6 Å². The average Bonchev–Trinajstić information content (AvgIpc) is 2.53. The molecule has 1 rings (SSSR count). The number of methoxy groups -OCH3 is 2. The van der Waals surface area contributed by atoms with Crippen molar-refractivity contribution in [1.82, 2.24) is 4.90 Å². The van der Waals surface area contributed by atoms with Gasteiger partial charge in [-0.2, -0.15) is 5.26 Å². The van der Waals surface area contributed by atoms with Crippen molar-refractivity contribution >= 4 is 17.5 Å². The number of carbonyl (C=O) groups is 1. The number of rotatable bonds is 7. The van der Waals surface area contributed by atoms with Gasteiger partial charge in [0.1, 0.15) is 11.6 Å². The molecule has 1 amide bonds. The van der Waals surface area contributed by atoms with Gasteiger partial charge in [0, 0.05) is 25.8 Å². The molecule has 0 aromatic heterocycles. The van der Waals surface area contributed by atoms with Crippen molar-refractivity contribution in [2.24, 2.45) is 0 Å². The third-order valence-electron chi connectivity index (χ3n) is 3.12. The van der Waals surface area contributed by atoms with Gasteiger partial charge in [0.2, 0.25) is 5.91 Å². The maximum absolute atomic E-state index is 11.9. The predicted molar refractivity (Wildman–Crippen MR) is 80.3 cm³/mol. The Morgan fingerprint density at radius 3 is 2.71 bits per heavy atom. The Labute approximate surface area is 130 Å². The van der Waals surface area contributed by atoms with E-state index in [0.717, 1.165) is 5.56 Å². The first-order chi connectivity index (χ1) is 10.0. The van der Waals surface area contributed by atoms with Gasteiger partial charge in [0.15, 0.2) is 0 Å². The third-order valence-corrected chi connectivity index (χ3v) is 3.35. The van der Waals surface area contributed by atoms with Crippen LogP contribution in [0.2, 0.25) is 0 Å². The molecule has 0 saturated heterocycles. The summed E-state index contributed by atoms with van der Waals surface area (Å²) in [5, 5.41) is 8.90. The molecule has 0 heterocycles. The van der Waals surface area contributed by atoms with Crippen molar-refractivity contribution in [1.29, 1.82) is 5.26 Å². The molecule has 0 aliphatic carbocycles. The van der Waals surface area contributed by atoms with Crippen LogP contribution in [0.15, 0.2) is 18.2 Å². The summed E-state index contributed by atoms with van der Waals surface area (Å²) in [5.41, 5.74) is 1.33. The van der Waals surface area contributed by atoms with Gasteiger partial charge in [-0.25, -0.2) is 0 Å². The number of halogens is 1. The number of amides is 1. The predicted octanol–water partition coefficient (Wildman–Crippen LogP) is 2.17. The number of carbonyl (C=O) groups excluding carboxylic acids is 1. The smallest absolute Gasteiger partial charge is 0.237 e. The van der Waals surface area contributed by atoms with Gasteiger partial charge >= 0.3 is 0 Å². The van der Waals surface area contributed by atoms with Crippen LogP contribution in [0, 0.1) is 11.3 Å². The van der Waals surface area contributed by atoms with Crippen LogP contribution in [0.3, 0.4) is 0 Å². The molecule has 114 valence electrons. The second-order valence-electron chi connectivity index (χ2n) is 4.59. The standard InChI is InChI=1S/C15H19ClN2O3/c1-11(20-2)9-18(15(19)7-16)10-13-5-4-12(8-17)6-14(13)21-3/h4-6,11H,7,9-10H2,1-3H3/t11-/m1/s1. The van der Waals surface area contributed by atoms with Crippen LogP contribution in [0.1, 0.15) is 18.1 Å². The molecule has 0 saturated carbocycles. The molecule has 21 heavy (non-hydrogen) atoms. The highest BCUT2D eigenvalue weighted by Gasteiger charge is 2.18. The minimum Gasteiger partial charge on any atom is -0.496 e. The van der Waals surface area contributed by atoms with E-state index in [-0.39, 0.29) is 17.9 Å². The number of benzene rings is 1. The van der Waals surface area contributed by atoms with Gasteiger partial charge in [-0.05, 0) is 19.1 Å². The number of nitriles is 1. The Balaban J connectivity index is 2.97. The monoisotopic (exact) mass is 310 g/mol. The summed E-state index contributed by atoms with van der Waals surface area (Å²) in [6.45, 7) is 2.67. The quantitative estimate of drug-likeness (QED) is 0.724. The van der Waals surface area contributed by atoms with Gasteiger partial charge in [-0.1, -0.05) is 6.07 Å². The summed E-state index contributed by atoms with van der Waals surface area (Å²) in [7, 11) is 3.13. The molecule has 6 heteroatoms. The Morgan fingerprint density at radius 1 is 1.48 bits per heavy atom. The molecule has 0 spiro atoms. The van der Waals surface area contributed by atoms with Crippen LogP contribution in [0.4, 0.5) is 0 Å². The van der Waals surface area contributed by atoms with Crippen LogP contribution < -0.4 is 4.74 Å². The zero-order chi connectivity index (χ0) is 15.8. The summed E-state index contributed by atoms with van der Waals surface area (Å²) in [4.78, 5) is 13.6. The average molecular weight is 311 g/mol. The highest BCUT2D eigenvalue weighted by molar-refractivity contribution is 6.27. The lowest BCUT2D eigenvalue weighted by molar-refractivity contribution is -0.130. The van der Waals surface area contributed by atoms with Crippen molar-refractivity contribution in [3.8, 4) is 11.8 Å². The highest BCUT2D eigenvalue weighted by Crippen LogP contribution is 2.22. The topological polar surface area (TPSA) is 62.6 Å². The maximum Gasteiger partial charge on any atom is 0.237 e. The number of hydrogen-bond acceptors (Lipinski definition) is 4. The molecule has 5 nitrogen and oxygen atoms in total. The number of nitrogens with zero attached hydrogens (tertiary/aromatic N) is 2. The van der Waals surface area contributed by atoms with Crippen molar-refractivity contribution in [2.45, 2.75) is 19.6 Å². The van der Waals surface area contributed by atoms with E-state index in [1.165, 1.54) is 7.11 Å². The molecule has 0 unspecified atom stereocenters. The molecule has 1 aromatic rings. The van der Waals surface area contributed by atoms with E-state index in [0.29, 0.717) is 24.4 Å². The van der Waals surface area contributed by atoms with Gasteiger partial charge in [0.25, 0.3) is 0 Å². The van der Waals surface area contributed by atoms with Crippen LogP contribution in [0.5, 0.6) is 5.75 Å². The molecule has 0 bridgehead atoms. The Kier molecular flexibility index (Phi) is 7.00. The first-order valence-corrected chi connectivity index (χ1v) is 7.02. The largest absolute Gasteiger partial charge is 0.496 e. The third kappa shape index (κ3) is 4.92. The molecule has 0 radical (unpaired) electrons. The molecular formula is C15H19ClN2O3. The lowest BCUT2D eigenvalue weighted by atomic mass is 10.1. The summed E-state index contributed by atoms with van der Waals surface area (Å²) in [6, 6.07) is 7.18. The molecule has 1 aromatic carbocycles. The van der Waals surface area contributed by atoms with E-state index in [1.54, 1.807) is 30.2 Å². The lowest BCUT2D eigenvalue weighted by Crippen LogP contribution is -2.37. The zero-order valence-corrected chi connectivity index (χ0v) is 13.2. The first kappa shape index (κ1) is 17.3. The summed E-state index contributed by atoms with van der Waals surface area (Å²) < 4.78 is 10.5. The summed E-state index contributed by atoms with van der Waals surface area (Å²) in [6.07, 6.45) is -0.0958. The van der Waals surface area contributed by atoms with E-state index in [9.17, 15) is 4.79 Å². The van der Waals surface area contributed by atoms with Crippen LogP contribution >= 0.6 is 11.6 Å². The van der Waals surface area contributed by atoms with E-state index >= 15 is 0 Å². The summed E-state index contributed by atoms with van der Waals surface area (Å²) in [5.74, 6) is 0.313. The second kappa shape index (κ2) is 8.50. The first-order valence-electron chi connectivity index (χ1n) is 6.49. The minimum atomic E-state index is -0.174. The molecule has 0 aliphatic rings. The molecule has 0 aliphatic heterocycles. The zero-order valence-electron chi connectivity index (χ0n) is 12.4. The normalized spacial score (nSPS) is 11.6. The molecule has 0 fully saturated rings. The van der Waals surface area contributed by atoms with E-state index in [1.807, 2.05) is 6.92 Å². The van der Waals surface area contributed by atoms with E-state index in [4.69, 9.17) is 26.3 Å². The van der Waals surface area contributed by atoms with Crippen molar-refractivity contribution in [3.05, 3.63) is 29.3 Å². The molecule has 1 atom stereocenters. The second-order valence-corrected chi connectivity index (χ2v) is 4.86. The molecular weight excluding hydrogens is 292 g/mol. The SMILES string of the molecule is COc1cc(C#N)ccc1CN(C[C@@H](C)OC)C(=O)CCl. The fourth-order valence-electron chi connectivity index (χ4n) is 1.87. The number of alkyl halides is 1. The molecule has 0 N–H and O–H groups in total. The number of ether oxygens (including phenoxy) is 2. The van der Waals surface area contributed by atoms with Crippen molar-refractivity contribution in [3.63, 3.8) is 0 Å². The van der Waals surface area contributed by atoms with Crippen molar-refractivity contribution in [2.75, 3.05) is 26.6 Å². The van der Waals surface area contributed by atoms with E-state index < -0.39 is 0 Å². The minimum absolute atomic E-state index is 0.0883. The van der Waals surface area contributed by atoms with Crippen LogP contribution in [-0.2, 0) is 16.1 Å². The summed E-state index contributed by atoms with van der Waals surface area (Å²) >= 11 is 5.65. The Hall–Kier alpha value is -1.77. The highest BCUT2D eigenvalue weighted by atomic mass is 35.5. The van der Waals surface area contributed by atoms with E-state index in [2.05, 4.69) is 6.07 Å². The van der Waals surface area contributed by atoms with Gasteiger partial charge in [-0.3, -0.25) is 4.79 Å². The fourth-order valence-corrected chi connectivity index (χ4v) is 2.04. The fraction of sp³-hybridized carbons (Fsp3) is 0.467.